The standard InChI is InChI=1S/C33H44N6O3/c1-20-16-25(36-19-35-20)39-13-10-22-17-23(8-9-24(22)18-39)27-28(38-14-11-33(6,7)12-15-38)26(21(2)37-30(27)34)29(31(40)41)42-32(3,4)5/h8-9,16-17,19,29H,10-15,18H2,1-7H3,(H2,34,37)(H,40,41)/t29-/m0/s1. The van der Waals surface area contributed by atoms with Crippen LogP contribution in [0.2, 0.25) is 0 Å². The highest BCUT2D eigenvalue weighted by Gasteiger charge is 2.37. The maximum Gasteiger partial charge on any atom is 0.337 e. The maximum atomic E-state index is 12.7. The van der Waals surface area contributed by atoms with E-state index in [4.69, 9.17) is 15.5 Å². The van der Waals surface area contributed by atoms with Crippen molar-refractivity contribution >= 4 is 23.3 Å². The van der Waals surface area contributed by atoms with Crippen LogP contribution >= 0.6 is 0 Å². The predicted octanol–water partition coefficient (Wildman–Crippen LogP) is 5.87. The predicted molar refractivity (Wildman–Crippen MR) is 167 cm³/mol. The number of pyridine rings is 1. The summed E-state index contributed by atoms with van der Waals surface area (Å²) < 4.78 is 6.20. The Kier molecular flexibility index (Phi) is 7.91. The van der Waals surface area contributed by atoms with Gasteiger partial charge in [0.2, 0.25) is 0 Å². The van der Waals surface area contributed by atoms with E-state index in [1.165, 1.54) is 11.1 Å². The third kappa shape index (κ3) is 6.21. The van der Waals surface area contributed by atoms with Crippen LogP contribution in [0.15, 0.2) is 30.6 Å². The minimum atomic E-state index is -1.18. The van der Waals surface area contributed by atoms with E-state index in [-0.39, 0.29) is 5.41 Å². The quantitative estimate of drug-likeness (QED) is 0.374. The average molecular weight is 573 g/mol. The molecule has 42 heavy (non-hydrogen) atoms. The second-order valence-electron chi connectivity index (χ2n) is 13.5. The number of aryl methyl sites for hydroxylation is 2. The topological polar surface area (TPSA) is 118 Å². The van der Waals surface area contributed by atoms with Crippen molar-refractivity contribution in [2.75, 3.05) is 35.2 Å². The number of nitrogen functional groups attached to an aromatic ring is 1. The summed E-state index contributed by atoms with van der Waals surface area (Å²) in [6, 6.07) is 8.48. The van der Waals surface area contributed by atoms with Gasteiger partial charge in [-0.15, -0.1) is 0 Å². The van der Waals surface area contributed by atoms with Crippen LogP contribution in [0.1, 0.15) is 81.6 Å². The fourth-order valence-corrected chi connectivity index (χ4v) is 6.09. The Morgan fingerprint density at radius 2 is 1.76 bits per heavy atom. The Morgan fingerprint density at radius 3 is 2.40 bits per heavy atom. The molecule has 2 aliphatic heterocycles. The van der Waals surface area contributed by atoms with E-state index in [1.54, 1.807) is 6.33 Å². The van der Waals surface area contributed by atoms with Crippen molar-refractivity contribution in [2.24, 2.45) is 5.41 Å². The number of benzene rings is 1. The first-order valence-corrected chi connectivity index (χ1v) is 14.8. The summed E-state index contributed by atoms with van der Waals surface area (Å²) in [5, 5.41) is 10.4. The van der Waals surface area contributed by atoms with Gasteiger partial charge >= 0.3 is 5.97 Å². The molecule has 0 saturated carbocycles. The highest BCUT2D eigenvalue weighted by atomic mass is 16.5. The van der Waals surface area contributed by atoms with Crippen LogP contribution < -0.4 is 15.5 Å². The second-order valence-corrected chi connectivity index (χ2v) is 13.5. The van der Waals surface area contributed by atoms with Crippen molar-refractivity contribution in [3.05, 3.63) is 58.7 Å². The van der Waals surface area contributed by atoms with Crippen molar-refractivity contribution in [1.82, 2.24) is 15.0 Å². The molecule has 0 amide bonds. The number of rotatable bonds is 6. The van der Waals surface area contributed by atoms with Gasteiger partial charge < -0.3 is 25.4 Å². The lowest BCUT2D eigenvalue weighted by atomic mass is 9.82. The molecule has 224 valence electrons. The van der Waals surface area contributed by atoms with Crippen LogP contribution in [-0.4, -0.2) is 51.3 Å². The van der Waals surface area contributed by atoms with Crippen molar-refractivity contribution in [3.63, 3.8) is 0 Å². The third-order valence-corrected chi connectivity index (χ3v) is 8.44. The molecule has 2 aliphatic rings. The summed E-state index contributed by atoms with van der Waals surface area (Å²) in [5.41, 5.74) is 13.5. The first-order valence-electron chi connectivity index (χ1n) is 14.8. The zero-order valence-electron chi connectivity index (χ0n) is 26.0. The Morgan fingerprint density at radius 1 is 1.05 bits per heavy atom. The number of ether oxygens (including phenoxy) is 1. The number of anilines is 3. The fourth-order valence-electron chi connectivity index (χ4n) is 6.09. The van der Waals surface area contributed by atoms with E-state index in [1.807, 2.05) is 40.7 Å². The van der Waals surface area contributed by atoms with Crippen LogP contribution in [0.3, 0.4) is 0 Å². The van der Waals surface area contributed by atoms with Gasteiger partial charge in [0.05, 0.1) is 11.3 Å². The van der Waals surface area contributed by atoms with Crippen molar-refractivity contribution in [3.8, 4) is 11.1 Å². The Labute approximate surface area is 249 Å². The van der Waals surface area contributed by atoms with Crippen LogP contribution in [-0.2, 0) is 22.5 Å². The molecule has 9 heteroatoms. The molecule has 1 fully saturated rings. The van der Waals surface area contributed by atoms with Crippen LogP contribution in [0, 0.1) is 19.3 Å². The minimum Gasteiger partial charge on any atom is -0.479 e. The van der Waals surface area contributed by atoms with Crippen LogP contribution in [0.25, 0.3) is 11.1 Å². The summed E-state index contributed by atoms with van der Waals surface area (Å²) in [7, 11) is 0. The van der Waals surface area contributed by atoms with E-state index < -0.39 is 17.7 Å². The van der Waals surface area contributed by atoms with E-state index in [2.05, 4.69) is 51.8 Å². The van der Waals surface area contributed by atoms with Gasteiger partial charge in [0, 0.05) is 54.8 Å². The Bertz CT molecular complexity index is 1490. The molecule has 9 nitrogen and oxygen atoms in total. The van der Waals surface area contributed by atoms with E-state index in [0.29, 0.717) is 17.1 Å². The Hall–Kier alpha value is -3.72. The zero-order chi connectivity index (χ0) is 30.4. The Balaban J connectivity index is 1.62. The lowest BCUT2D eigenvalue weighted by Gasteiger charge is -2.41. The molecule has 1 saturated heterocycles. The number of carboxylic acids is 1. The molecule has 0 spiro atoms. The molecular weight excluding hydrogens is 528 g/mol. The number of hydrogen-bond acceptors (Lipinski definition) is 8. The number of aliphatic carboxylic acids is 1. The molecule has 0 unspecified atom stereocenters. The van der Waals surface area contributed by atoms with Gasteiger partial charge in [-0.1, -0.05) is 32.0 Å². The normalized spacial score (nSPS) is 17.6. The van der Waals surface area contributed by atoms with E-state index >= 15 is 0 Å². The summed E-state index contributed by atoms with van der Waals surface area (Å²) in [6.07, 6.45) is 3.28. The highest BCUT2D eigenvalue weighted by molar-refractivity contribution is 5.92. The third-order valence-electron chi connectivity index (χ3n) is 8.44. The molecule has 4 heterocycles. The van der Waals surface area contributed by atoms with Crippen LogP contribution in [0.4, 0.5) is 17.3 Å². The van der Waals surface area contributed by atoms with Crippen molar-refractivity contribution in [2.45, 2.75) is 86.0 Å². The summed E-state index contributed by atoms with van der Waals surface area (Å²) in [6.45, 7) is 17.2. The summed E-state index contributed by atoms with van der Waals surface area (Å²) >= 11 is 0. The number of piperidine rings is 1. The molecule has 0 bridgehead atoms. The highest BCUT2D eigenvalue weighted by Crippen LogP contribution is 2.46. The van der Waals surface area contributed by atoms with Gasteiger partial charge in [-0.05, 0) is 76.0 Å². The maximum absolute atomic E-state index is 12.7. The molecule has 1 aromatic carbocycles. The van der Waals surface area contributed by atoms with E-state index in [9.17, 15) is 9.90 Å². The molecule has 1 atom stereocenters. The van der Waals surface area contributed by atoms with Gasteiger partial charge in [-0.3, -0.25) is 0 Å². The van der Waals surface area contributed by atoms with Gasteiger partial charge in [0.1, 0.15) is 18.0 Å². The van der Waals surface area contributed by atoms with Gasteiger partial charge in [-0.2, -0.15) is 0 Å². The fraction of sp³-hybridized carbons (Fsp3) is 0.515. The summed E-state index contributed by atoms with van der Waals surface area (Å²) in [4.78, 5) is 30.8. The molecule has 2 aromatic heterocycles. The molecule has 5 rings (SSSR count). The number of nitrogens with two attached hydrogens (primary N) is 1. The van der Waals surface area contributed by atoms with Gasteiger partial charge in [0.15, 0.2) is 6.10 Å². The van der Waals surface area contributed by atoms with Gasteiger partial charge in [0.25, 0.3) is 0 Å². The number of nitrogens with zero attached hydrogens (tertiary/aromatic N) is 5. The molecule has 0 aliphatic carbocycles. The zero-order valence-corrected chi connectivity index (χ0v) is 26.0. The SMILES string of the molecule is Cc1cc(N2CCc3cc(-c4c(N)nc(C)c([C@H](OC(C)(C)C)C(=O)O)c4N4CCC(C)(C)CC4)ccc3C2)ncn1. The average Bonchev–Trinajstić information content (AvgIpc) is 2.90. The lowest BCUT2D eigenvalue weighted by molar-refractivity contribution is -0.160. The number of aromatic nitrogens is 3. The second kappa shape index (κ2) is 11.2. The van der Waals surface area contributed by atoms with Crippen molar-refractivity contribution < 1.29 is 14.6 Å². The first kappa shape index (κ1) is 29.8. The largest absolute Gasteiger partial charge is 0.479 e. The molecule has 3 aromatic rings. The van der Waals surface area contributed by atoms with E-state index in [0.717, 1.165) is 73.8 Å². The first-order chi connectivity index (χ1) is 19.7. The summed E-state index contributed by atoms with van der Waals surface area (Å²) in [5.74, 6) is 0.308. The smallest absolute Gasteiger partial charge is 0.337 e. The number of fused-ring (bicyclic) bond motifs is 1. The molecule has 0 radical (unpaired) electrons. The minimum absolute atomic E-state index is 0.221. The van der Waals surface area contributed by atoms with Gasteiger partial charge in [-0.25, -0.2) is 19.7 Å². The monoisotopic (exact) mass is 572 g/mol. The number of carbonyl (C=O) groups is 1. The molecular formula is C33H44N6O3. The number of carboxylic acid groups (broad SMARTS) is 1. The lowest BCUT2D eigenvalue weighted by Crippen LogP contribution is -2.39. The van der Waals surface area contributed by atoms with Crippen LogP contribution in [0.5, 0.6) is 0 Å². The molecule has 3 N–H and O–H groups in total. The van der Waals surface area contributed by atoms with Crippen molar-refractivity contribution in [1.29, 1.82) is 0 Å². The number of hydrogen-bond donors (Lipinski definition) is 2.